The number of rotatable bonds is 10. The standard InChI is InChI=1S/C20H22N2O5/c1-3-26-19(24)16(12-21)10-15(11-17(13-22)20(25)27-4-2)18(23)14-8-6-5-7-9-14/h5-9,15-17H,3-4,10-11H2,1-2H3. The third-order valence-electron chi connectivity index (χ3n) is 3.92. The maximum atomic E-state index is 12.9. The van der Waals surface area contributed by atoms with Crippen LogP contribution in [0, 0.1) is 40.4 Å². The lowest BCUT2D eigenvalue weighted by atomic mass is 9.82. The molecular formula is C20H22N2O5. The van der Waals surface area contributed by atoms with E-state index in [4.69, 9.17) is 9.47 Å². The molecular weight excluding hydrogens is 348 g/mol. The average Bonchev–Trinajstić information content (AvgIpc) is 2.68. The van der Waals surface area contributed by atoms with Gasteiger partial charge >= 0.3 is 11.9 Å². The van der Waals surface area contributed by atoms with Crippen LogP contribution in [0.3, 0.4) is 0 Å². The Kier molecular flexibility index (Phi) is 9.25. The molecule has 0 bridgehead atoms. The predicted octanol–water partition coefficient (Wildman–Crippen LogP) is 2.67. The van der Waals surface area contributed by atoms with Gasteiger partial charge in [-0.3, -0.25) is 14.4 Å². The highest BCUT2D eigenvalue weighted by Crippen LogP contribution is 2.26. The molecule has 7 nitrogen and oxygen atoms in total. The molecule has 1 rings (SSSR count). The lowest BCUT2D eigenvalue weighted by Crippen LogP contribution is -2.28. The minimum atomic E-state index is -1.16. The van der Waals surface area contributed by atoms with Crippen LogP contribution in [-0.4, -0.2) is 30.9 Å². The monoisotopic (exact) mass is 370 g/mol. The topological polar surface area (TPSA) is 117 Å². The van der Waals surface area contributed by atoms with Gasteiger partial charge in [-0.1, -0.05) is 30.3 Å². The molecule has 0 N–H and O–H groups in total. The van der Waals surface area contributed by atoms with E-state index in [9.17, 15) is 24.9 Å². The van der Waals surface area contributed by atoms with Gasteiger partial charge in [0.2, 0.25) is 0 Å². The van der Waals surface area contributed by atoms with Crippen molar-refractivity contribution in [3.8, 4) is 12.1 Å². The van der Waals surface area contributed by atoms with Crippen molar-refractivity contribution in [1.29, 1.82) is 10.5 Å². The second-order valence-electron chi connectivity index (χ2n) is 5.77. The molecule has 0 aliphatic heterocycles. The van der Waals surface area contributed by atoms with Crippen LogP contribution in [0.2, 0.25) is 0 Å². The molecule has 2 atom stereocenters. The van der Waals surface area contributed by atoms with E-state index in [1.807, 2.05) is 12.1 Å². The van der Waals surface area contributed by atoms with Gasteiger partial charge in [0.15, 0.2) is 5.78 Å². The Bertz CT molecular complexity index is 695. The van der Waals surface area contributed by atoms with Gasteiger partial charge in [-0.2, -0.15) is 10.5 Å². The van der Waals surface area contributed by atoms with E-state index in [1.165, 1.54) is 0 Å². The predicted molar refractivity (Wildman–Crippen MR) is 95.0 cm³/mol. The molecule has 0 saturated heterocycles. The van der Waals surface area contributed by atoms with Gasteiger partial charge in [-0.25, -0.2) is 0 Å². The second kappa shape index (κ2) is 11.4. The quantitative estimate of drug-likeness (QED) is 0.459. The van der Waals surface area contributed by atoms with Gasteiger partial charge in [0.05, 0.1) is 25.4 Å². The molecule has 142 valence electrons. The van der Waals surface area contributed by atoms with Gasteiger partial charge in [0, 0.05) is 11.5 Å². The van der Waals surface area contributed by atoms with Gasteiger partial charge < -0.3 is 9.47 Å². The molecule has 1 aromatic carbocycles. The highest BCUT2D eigenvalue weighted by molar-refractivity contribution is 5.98. The first-order valence-electron chi connectivity index (χ1n) is 8.70. The molecule has 0 fully saturated rings. The first-order chi connectivity index (χ1) is 13.0. The number of carbonyl (C=O) groups is 3. The molecule has 0 amide bonds. The fraction of sp³-hybridized carbons (Fsp3) is 0.450. The molecule has 0 heterocycles. The molecule has 27 heavy (non-hydrogen) atoms. The van der Waals surface area contributed by atoms with Gasteiger partial charge in [-0.05, 0) is 26.7 Å². The summed E-state index contributed by atoms with van der Waals surface area (Å²) in [5.41, 5.74) is 0.378. The first-order valence-corrected chi connectivity index (χ1v) is 8.70. The zero-order valence-electron chi connectivity index (χ0n) is 15.4. The Balaban J connectivity index is 3.10. The first kappa shape index (κ1) is 21.9. The number of nitrogens with zero attached hydrogens (tertiary/aromatic N) is 2. The maximum Gasteiger partial charge on any atom is 0.323 e. The van der Waals surface area contributed by atoms with Crippen LogP contribution < -0.4 is 0 Å². The van der Waals surface area contributed by atoms with Crippen LogP contribution in [0.15, 0.2) is 30.3 Å². The van der Waals surface area contributed by atoms with Crippen molar-refractivity contribution in [2.45, 2.75) is 26.7 Å². The number of esters is 2. The Morgan fingerprint density at radius 3 is 1.70 bits per heavy atom. The second-order valence-corrected chi connectivity index (χ2v) is 5.77. The molecule has 7 heteroatoms. The fourth-order valence-electron chi connectivity index (χ4n) is 2.61. The van der Waals surface area contributed by atoms with Crippen LogP contribution in [0.5, 0.6) is 0 Å². The third-order valence-corrected chi connectivity index (χ3v) is 3.92. The number of hydrogen-bond acceptors (Lipinski definition) is 7. The van der Waals surface area contributed by atoms with Crippen molar-refractivity contribution in [3.05, 3.63) is 35.9 Å². The van der Waals surface area contributed by atoms with Crippen molar-refractivity contribution in [1.82, 2.24) is 0 Å². The maximum absolute atomic E-state index is 12.9. The van der Waals surface area contributed by atoms with Crippen LogP contribution in [0.4, 0.5) is 0 Å². The van der Waals surface area contributed by atoms with Crippen LogP contribution in [-0.2, 0) is 19.1 Å². The van der Waals surface area contributed by atoms with Crippen molar-refractivity contribution in [3.63, 3.8) is 0 Å². The number of ketones is 1. The smallest absolute Gasteiger partial charge is 0.323 e. The van der Waals surface area contributed by atoms with E-state index in [-0.39, 0.29) is 31.8 Å². The van der Waals surface area contributed by atoms with Crippen LogP contribution >= 0.6 is 0 Å². The molecule has 1 aromatic rings. The van der Waals surface area contributed by atoms with E-state index in [0.717, 1.165) is 0 Å². The van der Waals surface area contributed by atoms with E-state index < -0.39 is 29.7 Å². The number of carbonyl (C=O) groups excluding carboxylic acids is 3. The SMILES string of the molecule is CCOC(=O)C(C#N)CC(CC(C#N)C(=O)OCC)C(=O)c1ccccc1. The van der Waals surface area contributed by atoms with Gasteiger partial charge in [0.25, 0.3) is 0 Å². The van der Waals surface area contributed by atoms with Crippen molar-refractivity contribution in [2.24, 2.45) is 17.8 Å². The molecule has 0 aromatic heterocycles. The Morgan fingerprint density at radius 1 is 0.889 bits per heavy atom. The van der Waals surface area contributed by atoms with E-state index in [0.29, 0.717) is 5.56 Å². The van der Waals surface area contributed by atoms with Crippen molar-refractivity contribution >= 4 is 17.7 Å². The Hall–Kier alpha value is -3.19. The lowest BCUT2D eigenvalue weighted by Gasteiger charge is -2.20. The Labute approximate surface area is 158 Å². The summed E-state index contributed by atoms with van der Waals surface area (Å²) in [6.07, 6.45) is -0.276. The number of hydrogen-bond donors (Lipinski definition) is 0. The molecule has 0 aliphatic carbocycles. The minimum absolute atomic E-state index is 0.109. The van der Waals surface area contributed by atoms with E-state index in [2.05, 4.69) is 0 Å². The number of benzene rings is 1. The number of ether oxygens (including phenoxy) is 2. The van der Waals surface area contributed by atoms with E-state index >= 15 is 0 Å². The molecule has 0 aliphatic rings. The normalized spacial score (nSPS) is 13.3. The molecule has 2 unspecified atom stereocenters. The van der Waals surface area contributed by atoms with Crippen LogP contribution in [0.1, 0.15) is 37.0 Å². The van der Waals surface area contributed by atoms with Crippen molar-refractivity contribution < 1.29 is 23.9 Å². The van der Waals surface area contributed by atoms with Gasteiger partial charge in [-0.15, -0.1) is 0 Å². The lowest BCUT2D eigenvalue weighted by molar-refractivity contribution is -0.146. The summed E-state index contributed by atoms with van der Waals surface area (Å²) in [6.45, 7) is 3.45. The summed E-state index contributed by atoms with van der Waals surface area (Å²) in [5.74, 6) is -5.00. The average molecular weight is 370 g/mol. The summed E-state index contributed by atoms with van der Waals surface area (Å²) >= 11 is 0. The summed E-state index contributed by atoms with van der Waals surface area (Å²) in [6, 6.07) is 12.0. The fourth-order valence-corrected chi connectivity index (χ4v) is 2.61. The summed E-state index contributed by atoms with van der Waals surface area (Å²) < 4.78 is 9.74. The highest BCUT2D eigenvalue weighted by atomic mass is 16.5. The largest absolute Gasteiger partial charge is 0.465 e. The van der Waals surface area contributed by atoms with Gasteiger partial charge in [0.1, 0.15) is 11.8 Å². The summed E-state index contributed by atoms with van der Waals surface area (Å²) in [5, 5.41) is 18.6. The van der Waals surface area contributed by atoms with E-state index in [1.54, 1.807) is 44.2 Å². The summed E-state index contributed by atoms with van der Waals surface area (Å²) in [4.78, 5) is 36.8. The Morgan fingerprint density at radius 2 is 1.33 bits per heavy atom. The molecule has 0 saturated carbocycles. The highest BCUT2D eigenvalue weighted by Gasteiger charge is 2.33. The zero-order chi connectivity index (χ0) is 20.2. The van der Waals surface area contributed by atoms with Crippen LogP contribution in [0.25, 0.3) is 0 Å². The third kappa shape index (κ3) is 6.56. The number of Topliss-reactive ketones (excluding diaryl/α,β-unsaturated/α-hetero) is 1. The minimum Gasteiger partial charge on any atom is -0.465 e. The molecule has 0 radical (unpaired) electrons. The van der Waals surface area contributed by atoms with Crippen molar-refractivity contribution in [2.75, 3.05) is 13.2 Å². The number of nitriles is 2. The zero-order valence-corrected chi connectivity index (χ0v) is 15.4. The molecule has 0 spiro atoms. The summed E-state index contributed by atoms with van der Waals surface area (Å²) in [7, 11) is 0.